The maximum Gasteiger partial charge on any atom is 0.230 e. The molecule has 0 bridgehead atoms. The Bertz CT molecular complexity index is 512. The maximum atomic E-state index is 12.2. The first-order valence-electron chi connectivity index (χ1n) is 5.34. The number of ether oxygens (including phenoxy) is 2. The summed E-state index contributed by atoms with van der Waals surface area (Å²) >= 11 is 1.41. The average molecular weight is 249 g/mol. The highest BCUT2D eigenvalue weighted by atomic mass is 32.1. The molecule has 3 rings (SSSR count). The Hall–Kier alpha value is -1.43. The van der Waals surface area contributed by atoms with Crippen molar-refractivity contribution in [2.75, 3.05) is 13.2 Å². The minimum Gasteiger partial charge on any atom is -0.343 e. The number of hydrogen-bond acceptors (Lipinski definition) is 4. The molecule has 0 saturated carbocycles. The number of carbonyl (C=O) groups is 1. The number of rotatable bonds is 3. The number of thiophene rings is 1. The van der Waals surface area contributed by atoms with Crippen LogP contribution >= 0.6 is 11.3 Å². The van der Waals surface area contributed by atoms with Crippen LogP contribution in [0.5, 0.6) is 0 Å². The zero-order valence-corrected chi connectivity index (χ0v) is 9.85. The molecular formula is C12H11NO3S. The highest BCUT2D eigenvalue weighted by Gasteiger charge is 2.28. The van der Waals surface area contributed by atoms with Crippen LogP contribution in [0.15, 0.2) is 36.0 Å². The summed E-state index contributed by atoms with van der Waals surface area (Å²) in [6, 6.07) is 5.77. The van der Waals surface area contributed by atoms with Crippen LogP contribution in [0, 0.1) is 0 Å². The van der Waals surface area contributed by atoms with Gasteiger partial charge in [0.05, 0.1) is 23.8 Å². The van der Waals surface area contributed by atoms with Crippen molar-refractivity contribution in [1.82, 2.24) is 4.57 Å². The van der Waals surface area contributed by atoms with Gasteiger partial charge in [0, 0.05) is 12.4 Å². The van der Waals surface area contributed by atoms with Gasteiger partial charge in [0.25, 0.3) is 0 Å². The van der Waals surface area contributed by atoms with E-state index < -0.39 is 6.29 Å². The van der Waals surface area contributed by atoms with E-state index in [0.717, 1.165) is 5.69 Å². The zero-order chi connectivity index (χ0) is 11.7. The van der Waals surface area contributed by atoms with Gasteiger partial charge in [-0.15, -0.1) is 11.3 Å². The molecule has 3 heterocycles. The minimum absolute atomic E-state index is 0.0961. The Morgan fingerprint density at radius 3 is 2.71 bits per heavy atom. The van der Waals surface area contributed by atoms with E-state index in [1.807, 2.05) is 40.5 Å². The third kappa shape index (κ3) is 1.93. The highest BCUT2D eigenvalue weighted by Crippen LogP contribution is 2.24. The van der Waals surface area contributed by atoms with Gasteiger partial charge >= 0.3 is 0 Å². The molecule has 0 unspecified atom stereocenters. The highest BCUT2D eigenvalue weighted by molar-refractivity contribution is 7.12. The van der Waals surface area contributed by atoms with E-state index in [1.165, 1.54) is 11.3 Å². The van der Waals surface area contributed by atoms with Crippen molar-refractivity contribution >= 4 is 17.1 Å². The first-order valence-corrected chi connectivity index (χ1v) is 6.22. The number of aromatic nitrogens is 1. The van der Waals surface area contributed by atoms with E-state index in [9.17, 15) is 4.79 Å². The van der Waals surface area contributed by atoms with E-state index >= 15 is 0 Å². The molecule has 0 aromatic carbocycles. The van der Waals surface area contributed by atoms with Crippen LogP contribution in [0.25, 0.3) is 5.69 Å². The molecule has 2 aromatic heterocycles. The summed E-state index contributed by atoms with van der Waals surface area (Å²) in [6.07, 6.45) is 3.09. The third-order valence-electron chi connectivity index (χ3n) is 2.59. The summed E-state index contributed by atoms with van der Waals surface area (Å²) in [7, 11) is 0. The molecule has 17 heavy (non-hydrogen) atoms. The van der Waals surface area contributed by atoms with Gasteiger partial charge in [-0.25, -0.2) is 0 Å². The Labute approximate surface area is 102 Å². The van der Waals surface area contributed by atoms with Crippen molar-refractivity contribution in [2.45, 2.75) is 6.29 Å². The molecule has 1 fully saturated rings. The second kappa shape index (κ2) is 4.44. The van der Waals surface area contributed by atoms with Crippen LogP contribution in [0.1, 0.15) is 9.67 Å². The van der Waals surface area contributed by atoms with Gasteiger partial charge in [-0.05, 0) is 23.6 Å². The van der Waals surface area contributed by atoms with Crippen LogP contribution in [0.4, 0.5) is 0 Å². The Morgan fingerprint density at radius 1 is 1.29 bits per heavy atom. The summed E-state index contributed by atoms with van der Waals surface area (Å²) < 4.78 is 12.4. The minimum atomic E-state index is -0.733. The first kappa shape index (κ1) is 10.7. The molecule has 1 aliphatic heterocycles. The lowest BCUT2D eigenvalue weighted by Crippen LogP contribution is -2.21. The van der Waals surface area contributed by atoms with E-state index in [-0.39, 0.29) is 5.78 Å². The lowest BCUT2D eigenvalue weighted by atomic mass is 10.2. The van der Waals surface area contributed by atoms with Crippen molar-refractivity contribution in [3.05, 3.63) is 40.8 Å². The number of nitrogens with zero attached hydrogens (tertiary/aromatic N) is 1. The zero-order valence-electron chi connectivity index (χ0n) is 9.04. The molecule has 88 valence electrons. The monoisotopic (exact) mass is 249 g/mol. The van der Waals surface area contributed by atoms with Gasteiger partial charge in [-0.3, -0.25) is 4.79 Å². The fraction of sp³-hybridized carbons (Fsp3) is 0.250. The molecular weight excluding hydrogens is 238 g/mol. The van der Waals surface area contributed by atoms with Gasteiger partial charge in [-0.1, -0.05) is 0 Å². The Morgan fingerprint density at radius 2 is 2.00 bits per heavy atom. The van der Waals surface area contributed by atoms with E-state index in [1.54, 1.807) is 0 Å². The van der Waals surface area contributed by atoms with E-state index in [0.29, 0.717) is 18.1 Å². The van der Waals surface area contributed by atoms with Gasteiger partial charge in [0.2, 0.25) is 12.1 Å². The van der Waals surface area contributed by atoms with Crippen molar-refractivity contribution in [2.24, 2.45) is 0 Å². The third-order valence-corrected chi connectivity index (χ3v) is 3.50. The molecule has 0 radical (unpaired) electrons. The van der Waals surface area contributed by atoms with Crippen molar-refractivity contribution in [3.63, 3.8) is 0 Å². The lowest BCUT2D eigenvalue weighted by molar-refractivity contribution is -0.0210. The lowest BCUT2D eigenvalue weighted by Gasteiger charge is -2.08. The average Bonchev–Trinajstić information content (AvgIpc) is 3.09. The van der Waals surface area contributed by atoms with Crippen LogP contribution < -0.4 is 0 Å². The summed E-state index contributed by atoms with van der Waals surface area (Å²) in [6.45, 7) is 0.973. The van der Waals surface area contributed by atoms with Crippen molar-refractivity contribution < 1.29 is 14.3 Å². The Kier molecular flexibility index (Phi) is 2.80. The number of ketones is 1. The predicted octanol–water partition coefficient (Wildman–Crippen LogP) is 2.09. The quantitative estimate of drug-likeness (QED) is 0.782. The molecule has 1 saturated heterocycles. The van der Waals surface area contributed by atoms with Crippen LogP contribution in [-0.4, -0.2) is 29.9 Å². The summed E-state index contributed by atoms with van der Waals surface area (Å²) in [4.78, 5) is 12.8. The van der Waals surface area contributed by atoms with Gasteiger partial charge in [0.1, 0.15) is 0 Å². The molecule has 1 aliphatic rings. The van der Waals surface area contributed by atoms with Gasteiger partial charge in [0.15, 0.2) is 0 Å². The molecule has 0 aliphatic carbocycles. The van der Waals surface area contributed by atoms with E-state index in [2.05, 4.69) is 0 Å². The Balaban J connectivity index is 1.93. The van der Waals surface area contributed by atoms with Crippen LogP contribution in [0.3, 0.4) is 0 Å². The second-order valence-corrected chi connectivity index (χ2v) is 4.58. The van der Waals surface area contributed by atoms with Gasteiger partial charge in [-0.2, -0.15) is 0 Å². The summed E-state index contributed by atoms with van der Waals surface area (Å²) in [5.41, 5.74) is 0.879. The molecule has 0 atom stereocenters. The fourth-order valence-corrected chi connectivity index (χ4v) is 2.64. The molecule has 2 aromatic rings. The standard InChI is InChI=1S/C12H11NO3S/c14-10(12-15-6-7-16-12)11-9(3-8-17-11)13-4-1-2-5-13/h1-5,8,12H,6-7H2. The predicted molar refractivity (Wildman–Crippen MR) is 63.7 cm³/mol. The number of carbonyl (C=O) groups excluding carboxylic acids is 1. The van der Waals surface area contributed by atoms with Crippen LogP contribution in [0.2, 0.25) is 0 Å². The van der Waals surface area contributed by atoms with Crippen molar-refractivity contribution in [3.8, 4) is 5.69 Å². The van der Waals surface area contributed by atoms with Gasteiger partial charge < -0.3 is 14.0 Å². The van der Waals surface area contributed by atoms with Crippen molar-refractivity contribution in [1.29, 1.82) is 0 Å². The molecule has 0 N–H and O–H groups in total. The molecule has 4 nitrogen and oxygen atoms in total. The topological polar surface area (TPSA) is 40.5 Å². The van der Waals surface area contributed by atoms with Crippen LogP contribution in [-0.2, 0) is 9.47 Å². The largest absolute Gasteiger partial charge is 0.343 e. The smallest absolute Gasteiger partial charge is 0.230 e. The first-order chi connectivity index (χ1) is 8.36. The summed E-state index contributed by atoms with van der Waals surface area (Å²) in [5, 5.41) is 1.90. The number of hydrogen-bond donors (Lipinski definition) is 0. The molecule has 0 spiro atoms. The molecule has 5 heteroatoms. The SMILES string of the molecule is O=C(c1sccc1-n1cccc1)C1OCCO1. The summed E-state index contributed by atoms with van der Waals surface area (Å²) in [5.74, 6) is -0.0961. The molecule has 0 amide bonds. The van der Waals surface area contributed by atoms with E-state index in [4.69, 9.17) is 9.47 Å². The maximum absolute atomic E-state index is 12.2. The fourth-order valence-electron chi connectivity index (χ4n) is 1.80. The number of Topliss-reactive ketones (excluding diaryl/α,β-unsaturated/α-hetero) is 1. The second-order valence-electron chi connectivity index (χ2n) is 3.66. The normalized spacial score (nSPS) is 16.5.